The van der Waals surface area contributed by atoms with Crippen molar-refractivity contribution in [3.05, 3.63) is 17.3 Å². The maximum Gasteiger partial charge on any atom is 0.220 e. The van der Waals surface area contributed by atoms with Gasteiger partial charge in [-0.15, -0.1) is 0 Å². The van der Waals surface area contributed by atoms with Crippen molar-refractivity contribution in [2.45, 2.75) is 97.4 Å². The van der Waals surface area contributed by atoms with E-state index in [1.807, 2.05) is 6.92 Å². The van der Waals surface area contributed by atoms with Gasteiger partial charge in [0.2, 0.25) is 5.91 Å². The van der Waals surface area contributed by atoms with Crippen LogP contribution in [0.25, 0.3) is 0 Å². The first-order valence-electron chi connectivity index (χ1n) is 10.9. The molecule has 0 spiro atoms. The Hall–Kier alpha value is -1.32. The van der Waals surface area contributed by atoms with Gasteiger partial charge in [-0.25, -0.2) is 4.98 Å². The van der Waals surface area contributed by atoms with Crippen LogP contribution in [0.3, 0.4) is 0 Å². The number of nitrogens with zero attached hydrogens (tertiary/aromatic N) is 1. The summed E-state index contributed by atoms with van der Waals surface area (Å²) >= 11 is 0. The number of nitrogens with one attached hydrogen (secondary N) is 1. The van der Waals surface area contributed by atoms with E-state index < -0.39 is 0 Å². The van der Waals surface area contributed by atoms with Crippen LogP contribution in [-0.2, 0) is 16.6 Å². The molecule has 4 nitrogen and oxygen atoms in total. The van der Waals surface area contributed by atoms with Gasteiger partial charge in [0.05, 0.1) is 5.69 Å². The number of amides is 1. The van der Waals surface area contributed by atoms with Crippen LogP contribution in [0.15, 0.2) is 4.42 Å². The van der Waals surface area contributed by atoms with E-state index in [-0.39, 0.29) is 11.3 Å². The Morgan fingerprint density at radius 1 is 1.19 bits per heavy atom. The lowest BCUT2D eigenvalue weighted by molar-refractivity contribution is -0.125. The molecule has 0 radical (unpaired) electrons. The Balaban J connectivity index is 1.34. The highest BCUT2D eigenvalue weighted by Gasteiger charge is 2.53. The number of rotatable bonds is 5. The third kappa shape index (κ3) is 3.69. The van der Waals surface area contributed by atoms with Crippen LogP contribution in [0.1, 0.15) is 90.0 Å². The number of hydrogen-bond acceptors (Lipinski definition) is 3. The zero-order chi connectivity index (χ0) is 19.4. The highest BCUT2D eigenvalue weighted by atomic mass is 16.4. The molecule has 0 aliphatic heterocycles. The van der Waals surface area contributed by atoms with E-state index in [4.69, 9.17) is 4.42 Å². The molecule has 27 heavy (non-hydrogen) atoms. The minimum atomic E-state index is -0.0989. The molecule has 0 aromatic carbocycles. The second-order valence-electron chi connectivity index (χ2n) is 10.8. The molecular weight excluding hydrogens is 336 g/mol. The van der Waals surface area contributed by atoms with Crippen molar-refractivity contribution in [3.8, 4) is 0 Å². The van der Waals surface area contributed by atoms with Gasteiger partial charge in [-0.05, 0) is 75.5 Å². The predicted octanol–water partition coefficient (Wildman–Crippen LogP) is 4.93. The van der Waals surface area contributed by atoms with E-state index in [1.54, 1.807) is 0 Å². The Labute approximate surface area is 163 Å². The molecule has 4 aliphatic carbocycles. The van der Waals surface area contributed by atoms with Gasteiger partial charge < -0.3 is 9.73 Å². The van der Waals surface area contributed by atoms with Crippen LogP contribution in [0.4, 0.5) is 0 Å². The summed E-state index contributed by atoms with van der Waals surface area (Å²) < 4.78 is 5.94. The maximum absolute atomic E-state index is 12.7. The number of oxazole rings is 1. The molecular formula is C23H36N2O2. The molecule has 4 bridgehead atoms. The van der Waals surface area contributed by atoms with Crippen molar-refractivity contribution < 1.29 is 9.21 Å². The summed E-state index contributed by atoms with van der Waals surface area (Å²) in [6, 6.07) is 0.291. The van der Waals surface area contributed by atoms with Gasteiger partial charge in [-0.1, -0.05) is 20.8 Å². The molecule has 150 valence electrons. The van der Waals surface area contributed by atoms with Gasteiger partial charge in [0.25, 0.3) is 0 Å². The van der Waals surface area contributed by atoms with E-state index in [0.29, 0.717) is 24.3 Å². The molecule has 4 heteroatoms. The van der Waals surface area contributed by atoms with Gasteiger partial charge in [0.1, 0.15) is 5.76 Å². The summed E-state index contributed by atoms with van der Waals surface area (Å²) in [7, 11) is 0. The zero-order valence-corrected chi connectivity index (χ0v) is 17.7. The highest BCUT2D eigenvalue weighted by molar-refractivity contribution is 5.76. The number of carbonyl (C=O) groups is 1. The third-order valence-electron chi connectivity index (χ3n) is 7.50. The second-order valence-corrected chi connectivity index (χ2v) is 10.8. The van der Waals surface area contributed by atoms with Crippen molar-refractivity contribution in [1.82, 2.24) is 10.3 Å². The molecule has 0 saturated heterocycles. The number of aromatic nitrogens is 1. The first-order valence-corrected chi connectivity index (χ1v) is 10.9. The van der Waals surface area contributed by atoms with Crippen molar-refractivity contribution in [1.29, 1.82) is 0 Å². The van der Waals surface area contributed by atoms with E-state index in [9.17, 15) is 4.79 Å². The number of aryl methyl sites for hydroxylation is 2. The molecule has 4 saturated carbocycles. The van der Waals surface area contributed by atoms with Gasteiger partial charge >= 0.3 is 0 Å². The monoisotopic (exact) mass is 372 g/mol. The van der Waals surface area contributed by atoms with E-state index >= 15 is 0 Å². The highest BCUT2D eigenvalue weighted by Crippen LogP contribution is 2.61. The van der Waals surface area contributed by atoms with E-state index in [1.165, 1.54) is 38.5 Å². The molecule has 4 fully saturated rings. The fourth-order valence-electron chi connectivity index (χ4n) is 6.38. The van der Waals surface area contributed by atoms with Crippen molar-refractivity contribution >= 4 is 5.91 Å². The molecule has 1 amide bonds. The topological polar surface area (TPSA) is 55.1 Å². The van der Waals surface area contributed by atoms with E-state index in [0.717, 1.165) is 35.1 Å². The maximum atomic E-state index is 12.7. The lowest BCUT2D eigenvalue weighted by Gasteiger charge is -2.59. The average molecular weight is 373 g/mol. The molecule has 1 aromatic heterocycles. The Bertz CT molecular complexity index is 677. The minimum Gasteiger partial charge on any atom is -0.445 e. The minimum absolute atomic E-state index is 0.0989. The number of carbonyl (C=O) groups excluding carboxylic acids is 1. The lowest BCUT2D eigenvalue weighted by atomic mass is 9.48. The second kappa shape index (κ2) is 6.63. The zero-order valence-electron chi connectivity index (χ0n) is 17.7. The van der Waals surface area contributed by atoms with Gasteiger partial charge in [0, 0.05) is 24.3 Å². The first-order chi connectivity index (χ1) is 12.6. The largest absolute Gasteiger partial charge is 0.445 e. The molecule has 1 aromatic rings. The summed E-state index contributed by atoms with van der Waals surface area (Å²) in [6.45, 7) is 10.5. The molecule has 1 N–H and O–H groups in total. The fraction of sp³-hybridized carbons (Fsp3) is 0.826. The molecule has 1 atom stereocenters. The van der Waals surface area contributed by atoms with Crippen LogP contribution in [0, 0.1) is 30.1 Å². The summed E-state index contributed by atoms with van der Waals surface area (Å²) in [5, 5.41) is 3.36. The normalized spacial score (nSPS) is 33.3. The molecule has 5 rings (SSSR count). The van der Waals surface area contributed by atoms with Crippen LogP contribution in [0.2, 0.25) is 0 Å². The average Bonchev–Trinajstić information content (AvgIpc) is 2.93. The summed E-state index contributed by atoms with van der Waals surface area (Å²) in [5.74, 6) is 4.54. The lowest BCUT2D eigenvalue weighted by Crippen LogP contribution is -2.55. The Kier molecular flexibility index (Phi) is 4.67. The first kappa shape index (κ1) is 19.0. The van der Waals surface area contributed by atoms with Crippen LogP contribution < -0.4 is 5.32 Å². The number of hydrogen-bond donors (Lipinski definition) is 1. The summed E-state index contributed by atoms with van der Waals surface area (Å²) in [5.41, 5.74) is 1.19. The molecule has 1 unspecified atom stereocenters. The predicted molar refractivity (Wildman–Crippen MR) is 106 cm³/mol. The van der Waals surface area contributed by atoms with Crippen LogP contribution in [0.5, 0.6) is 0 Å². The summed E-state index contributed by atoms with van der Waals surface area (Å²) in [4.78, 5) is 17.2. The smallest absolute Gasteiger partial charge is 0.220 e. The molecule has 4 aliphatic rings. The van der Waals surface area contributed by atoms with Crippen molar-refractivity contribution in [2.75, 3.05) is 0 Å². The molecule has 1 heterocycles. The Morgan fingerprint density at radius 2 is 1.74 bits per heavy atom. The van der Waals surface area contributed by atoms with Crippen molar-refractivity contribution in [3.63, 3.8) is 0 Å². The SMILES string of the molecule is Cc1nc(C(C)(C)C)oc1CCC(=O)NC(C)C12CC3CC(CC(C3)C1)C2. The quantitative estimate of drug-likeness (QED) is 0.797. The van der Waals surface area contributed by atoms with Gasteiger partial charge in [-0.3, -0.25) is 4.79 Å². The van der Waals surface area contributed by atoms with E-state index in [2.05, 4.69) is 38.0 Å². The van der Waals surface area contributed by atoms with Crippen LogP contribution in [-0.4, -0.2) is 16.9 Å². The Morgan fingerprint density at radius 3 is 2.22 bits per heavy atom. The third-order valence-corrected chi connectivity index (χ3v) is 7.50. The summed E-state index contributed by atoms with van der Waals surface area (Å²) in [6.07, 6.45) is 9.44. The fourth-order valence-corrected chi connectivity index (χ4v) is 6.38. The van der Waals surface area contributed by atoms with Gasteiger partial charge in [-0.2, -0.15) is 0 Å². The van der Waals surface area contributed by atoms with Crippen molar-refractivity contribution in [2.24, 2.45) is 23.2 Å². The van der Waals surface area contributed by atoms with Gasteiger partial charge in [0.15, 0.2) is 5.89 Å². The van der Waals surface area contributed by atoms with Crippen LogP contribution >= 0.6 is 0 Å². The standard InChI is InChI=1S/C23H36N2O2/c1-14-19(27-21(24-14)22(3,4)5)6-7-20(26)25-15(2)23-11-16-8-17(12-23)10-18(9-16)13-23/h15-18H,6-13H2,1-5H3,(H,25,26).